The number of sulfonamides is 1. The summed E-state index contributed by atoms with van der Waals surface area (Å²) in [6.45, 7) is 4.83. The number of aryl methyl sites for hydroxylation is 1. The van der Waals surface area contributed by atoms with Crippen LogP contribution < -0.4 is 4.72 Å². The highest BCUT2D eigenvalue weighted by molar-refractivity contribution is 7.91. The van der Waals surface area contributed by atoms with Gasteiger partial charge in [0.15, 0.2) is 8.68 Å². The van der Waals surface area contributed by atoms with E-state index in [0.717, 1.165) is 31.0 Å². The molecule has 6 nitrogen and oxygen atoms in total. The zero-order valence-corrected chi connectivity index (χ0v) is 14.1. The molecule has 0 aromatic carbocycles. The van der Waals surface area contributed by atoms with Gasteiger partial charge in [0.25, 0.3) is 10.0 Å². The van der Waals surface area contributed by atoms with Crippen molar-refractivity contribution in [2.45, 2.75) is 17.2 Å². The monoisotopic (exact) mass is 338 g/mol. The van der Waals surface area contributed by atoms with E-state index in [2.05, 4.69) is 19.5 Å². The molecular formula is C11H19ClN4O2S2. The number of nitrogens with zero attached hydrogens (tertiary/aromatic N) is 3. The van der Waals surface area contributed by atoms with Gasteiger partial charge in [0.05, 0.1) is 5.69 Å². The molecule has 0 aliphatic carbocycles. The Hall–Kier alpha value is -0.250. The minimum Gasteiger partial charge on any atom is -0.303 e. The Balaban J connectivity index is 2.04. The average Bonchev–Trinajstić information content (AvgIpc) is 2.70. The van der Waals surface area contributed by atoms with Gasteiger partial charge in [-0.25, -0.2) is 18.1 Å². The van der Waals surface area contributed by atoms with Crippen molar-refractivity contribution in [1.29, 1.82) is 0 Å². The van der Waals surface area contributed by atoms with Crippen molar-refractivity contribution in [3.05, 3.63) is 10.2 Å². The number of likely N-dealkylation sites (N-methyl/N-ethyl adjacent to an activating group) is 2. The van der Waals surface area contributed by atoms with E-state index in [1.54, 1.807) is 6.92 Å². The second-order valence-electron chi connectivity index (χ2n) is 5.09. The molecule has 1 fully saturated rings. The van der Waals surface area contributed by atoms with E-state index >= 15 is 0 Å². The second kappa shape index (κ2) is 6.25. The number of hydrogen-bond donors (Lipinski definition) is 1. The van der Waals surface area contributed by atoms with Crippen LogP contribution in [0.4, 0.5) is 0 Å². The summed E-state index contributed by atoms with van der Waals surface area (Å²) in [7, 11) is 0.524. The fourth-order valence-corrected chi connectivity index (χ4v) is 5.05. The molecule has 1 aromatic heterocycles. The fraction of sp³-hybridized carbons (Fsp3) is 0.727. The van der Waals surface area contributed by atoms with Crippen LogP contribution in [0.3, 0.4) is 0 Å². The minimum atomic E-state index is -3.53. The lowest BCUT2D eigenvalue weighted by atomic mass is 10.2. The van der Waals surface area contributed by atoms with Crippen LogP contribution >= 0.6 is 22.9 Å². The fourth-order valence-electron chi connectivity index (χ4n) is 2.19. The molecule has 1 aromatic rings. The predicted octanol–water partition coefficient (Wildman–Crippen LogP) is 0.629. The zero-order valence-electron chi connectivity index (χ0n) is 11.8. The molecule has 1 atom stereocenters. The van der Waals surface area contributed by atoms with E-state index < -0.39 is 10.0 Å². The van der Waals surface area contributed by atoms with Crippen LogP contribution in [-0.2, 0) is 10.0 Å². The van der Waals surface area contributed by atoms with Gasteiger partial charge in [-0.3, -0.25) is 4.90 Å². The maximum absolute atomic E-state index is 12.3. The third-order valence-electron chi connectivity index (χ3n) is 3.46. The Morgan fingerprint density at radius 1 is 1.45 bits per heavy atom. The first-order chi connectivity index (χ1) is 9.29. The third kappa shape index (κ3) is 3.69. The third-order valence-corrected chi connectivity index (χ3v) is 6.76. The molecule has 2 heterocycles. The van der Waals surface area contributed by atoms with Gasteiger partial charge in [-0.2, -0.15) is 0 Å². The van der Waals surface area contributed by atoms with Gasteiger partial charge in [0.2, 0.25) is 0 Å². The van der Waals surface area contributed by atoms with E-state index in [4.69, 9.17) is 11.6 Å². The molecule has 1 aliphatic heterocycles. The second-order valence-corrected chi connectivity index (χ2v) is 8.63. The Kier molecular flexibility index (Phi) is 5.04. The molecule has 1 N–H and O–H groups in total. The molecule has 0 bridgehead atoms. The molecule has 0 saturated carbocycles. The lowest BCUT2D eigenvalue weighted by Crippen LogP contribution is -2.54. The molecule has 0 radical (unpaired) electrons. The molecule has 0 amide bonds. The highest BCUT2D eigenvalue weighted by Crippen LogP contribution is 2.26. The van der Waals surface area contributed by atoms with Crippen LogP contribution in [0.2, 0.25) is 4.47 Å². The largest absolute Gasteiger partial charge is 0.303 e. The lowest BCUT2D eigenvalue weighted by Gasteiger charge is -2.37. The van der Waals surface area contributed by atoms with Crippen molar-refractivity contribution < 1.29 is 8.42 Å². The summed E-state index contributed by atoms with van der Waals surface area (Å²) in [5.74, 6) is 0. The standard InChI is InChI=1S/C11H19ClN4O2S2/c1-8-10(19-11(12)14-8)20(17,18)13-6-9-7-15(2)4-5-16(9)3/h9,13H,4-7H2,1-3H3. The molecular weight excluding hydrogens is 320 g/mol. The summed E-state index contributed by atoms with van der Waals surface area (Å²) >= 11 is 6.75. The molecule has 20 heavy (non-hydrogen) atoms. The van der Waals surface area contributed by atoms with Crippen molar-refractivity contribution in [3.63, 3.8) is 0 Å². The van der Waals surface area contributed by atoms with Gasteiger partial charge >= 0.3 is 0 Å². The Morgan fingerprint density at radius 3 is 2.75 bits per heavy atom. The number of rotatable bonds is 4. The van der Waals surface area contributed by atoms with Gasteiger partial charge in [0.1, 0.15) is 0 Å². The summed E-state index contributed by atoms with van der Waals surface area (Å²) in [5.41, 5.74) is 0.446. The van der Waals surface area contributed by atoms with E-state index in [0.29, 0.717) is 12.2 Å². The normalized spacial score (nSPS) is 22.3. The molecule has 1 unspecified atom stereocenters. The average molecular weight is 339 g/mol. The first-order valence-corrected chi connectivity index (χ1v) is 8.99. The summed E-state index contributed by atoms with van der Waals surface area (Å²) in [5, 5.41) is 0. The molecule has 2 rings (SSSR count). The van der Waals surface area contributed by atoms with E-state index in [-0.39, 0.29) is 14.7 Å². The summed E-state index contributed by atoms with van der Waals surface area (Å²) in [4.78, 5) is 8.32. The number of hydrogen-bond acceptors (Lipinski definition) is 6. The van der Waals surface area contributed by atoms with Crippen LogP contribution in [0.15, 0.2) is 4.21 Å². The molecule has 0 spiro atoms. The Bertz CT molecular complexity index is 575. The number of halogens is 1. The first kappa shape index (κ1) is 16.1. The van der Waals surface area contributed by atoms with Crippen molar-refractivity contribution in [2.75, 3.05) is 40.3 Å². The van der Waals surface area contributed by atoms with E-state index in [9.17, 15) is 8.42 Å². The first-order valence-electron chi connectivity index (χ1n) is 6.31. The Labute approximate surface area is 128 Å². The topological polar surface area (TPSA) is 65.5 Å². The number of aromatic nitrogens is 1. The van der Waals surface area contributed by atoms with Crippen LogP contribution in [0.25, 0.3) is 0 Å². The summed E-state index contributed by atoms with van der Waals surface area (Å²) < 4.78 is 27.6. The zero-order chi connectivity index (χ0) is 14.9. The highest BCUT2D eigenvalue weighted by atomic mass is 35.5. The Morgan fingerprint density at radius 2 is 2.15 bits per heavy atom. The van der Waals surface area contributed by atoms with Crippen LogP contribution in [0.1, 0.15) is 5.69 Å². The van der Waals surface area contributed by atoms with Crippen LogP contribution in [0.5, 0.6) is 0 Å². The van der Waals surface area contributed by atoms with Crippen molar-refractivity contribution >= 4 is 33.0 Å². The maximum Gasteiger partial charge on any atom is 0.252 e. The van der Waals surface area contributed by atoms with Gasteiger partial charge in [-0.05, 0) is 21.0 Å². The molecule has 1 aliphatic rings. The van der Waals surface area contributed by atoms with Gasteiger partial charge in [0, 0.05) is 32.2 Å². The quantitative estimate of drug-likeness (QED) is 0.872. The lowest BCUT2D eigenvalue weighted by molar-refractivity contribution is 0.117. The van der Waals surface area contributed by atoms with E-state index in [1.807, 2.05) is 14.1 Å². The van der Waals surface area contributed by atoms with Crippen molar-refractivity contribution in [3.8, 4) is 0 Å². The van der Waals surface area contributed by atoms with Crippen molar-refractivity contribution in [2.24, 2.45) is 0 Å². The molecule has 114 valence electrons. The summed E-state index contributed by atoms with van der Waals surface area (Å²) in [6.07, 6.45) is 0. The smallest absolute Gasteiger partial charge is 0.252 e. The van der Waals surface area contributed by atoms with Gasteiger partial charge < -0.3 is 4.90 Å². The maximum atomic E-state index is 12.3. The number of nitrogens with one attached hydrogen (secondary N) is 1. The number of thiazole rings is 1. The molecule has 1 saturated heterocycles. The highest BCUT2D eigenvalue weighted by Gasteiger charge is 2.26. The van der Waals surface area contributed by atoms with Crippen LogP contribution in [0, 0.1) is 6.92 Å². The van der Waals surface area contributed by atoms with Gasteiger partial charge in [-0.1, -0.05) is 22.9 Å². The molecule has 9 heteroatoms. The predicted molar refractivity (Wildman–Crippen MR) is 81.0 cm³/mol. The van der Waals surface area contributed by atoms with Crippen molar-refractivity contribution in [1.82, 2.24) is 19.5 Å². The SMILES string of the molecule is Cc1nc(Cl)sc1S(=O)(=O)NCC1CN(C)CCN1C. The van der Waals surface area contributed by atoms with Crippen LogP contribution in [-0.4, -0.2) is 69.5 Å². The minimum absolute atomic E-state index is 0.173. The van der Waals surface area contributed by atoms with Gasteiger partial charge in [-0.15, -0.1) is 0 Å². The van der Waals surface area contributed by atoms with E-state index in [1.165, 1.54) is 0 Å². The summed E-state index contributed by atoms with van der Waals surface area (Å²) in [6, 6.07) is 0.173. The number of piperazine rings is 1.